The SMILES string of the molecule is C=C/C=C(/NC(=O)OC(C)(C)C)C1=C[C@]2(C#N)[C@H](O[Si](C)(C)C(C)(C)C)[C@@H](C[C@H](O[Si](C)(C)C(C)(C)C)[C@@]2(C)C=C)C(C)(C)C1=O. The van der Waals surface area contributed by atoms with E-state index in [0.29, 0.717) is 6.42 Å². The third-order valence-corrected chi connectivity index (χ3v) is 20.2. The van der Waals surface area contributed by atoms with Crippen LogP contribution in [0.4, 0.5) is 4.79 Å². The van der Waals surface area contributed by atoms with Crippen LogP contribution in [0, 0.1) is 33.5 Å². The van der Waals surface area contributed by atoms with Crippen molar-refractivity contribution in [3.05, 3.63) is 48.7 Å². The van der Waals surface area contributed by atoms with Crippen LogP contribution in [0.1, 0.15) is 89.5 Å². The molecule has 1 fully saturated rings. The van der Waals surface area contributed by atoms with Gasteiger partial charge in [-0.05, 0) is 75.6 Å². The molecule has 0 saturated heterocycles. The molecule has 0 aromatic carbocycles. The van der Waals surface area contributed by atoms with Crippen LogP contribution in [0.2, 0.25) is 36.3 Å². The average Bonchev–Trinajstić information content (AvgIpc) is 2.91. The molecular formula is C37H62N2O5Si2. The first kappa shape index (κ1) is 39.9. The Balaban J connectivity index is 3.09. The van der Waals surface area contributed by atoms with Crippen LogP contribution < -0.4 is 5.32 Å². The lowest BCUT2D eigenvalue weighted by Gasteiger charge is -2.60. The molecule has 1 amide bonds. The third kappa shape index (κ3) is 7.25. The van der Waals surface area contributed by atoms with E-state index in [9.17, 15) is 14.9 Å². The van der Waals surface area contributed by atoms with E-state index in [-0.39, 0.29) is 33.0 Å². The Bertz CT molecular complexity index is 1330. The summed E-state index contributed by atoms with van der Waals surface area (Å²) in [7, 11) is -4.86. The molecule has 0 spiro atoms. The summed E-state index contributed by atoms with van der Waals surface area (Å²) in [5, 5.41) is 14.1. The highest BCUT2D eigenvalue weighted by molar-refractivity contribution is 6.74. The normalized spacial score (nSPS) is 29.2. The number of ether oxygens (including phenoxy) is 1. The smallest absolute Gasteiger partial charge is 0.412 e. The number of carbonyl (C=O) groups is 2. The van der Waals surface area contributed by atoms with Crippen molar-refractivity contribution in [1.29, 1.82) is 5.26 Å². The minimum absolute atomic E-state index is 0.0852. The van der Waals surface area contributed by atoms with Crippen LogP contribution in [-0.2, 0) is 18.4 Å². The van der Waals surface area contributed by atoms with Crippen molar-refractivity contribution in [2.75, 3.05) is 0 Å². The van der Waals surface area contributed by atoms with Gasteiger partial charge in [0.05, 0.1) is 24.0 Å². The Morgan fingerprint density at radius 2 is 1.48 bits per heavy atom. The van der Waals surface area contributed by atoms with Gasteiger partial charge < -0.3 is 13.6 Å². The van der Waals surface area contributed by atoms with Crippen molar-refractivity contribution in [1.82, 2.24) is 5.32 Å². The number of allylic oxidation sites excluding steroid dienone is 3. The molecule has 258 valence electrons. The molecule has 1 N–H and O–H groups in total. The summed E-state index contributed by atoms with van der Waals surface area (Å²) in [6.45, 7) is 41.3. The number of rotatable bonds is 8. The summed E-state index contributed by atoms with van der Waals surface area (Å²) in [6.07, 6.45) is 5.44. The minimum atomic E-state index is -2.50. The Morgan fingerprint density at radius 1 is 0.978 bits per heavy atom. The molecule has 0 aromatic rings. The number of ketones is 1. The summed E-state index contributed by atoms with van der Waals surface area (Å²) in [5.41, 5.74) is -3.64. The molecule has 2 rings (SSSR count). The second-order valence-corrected chi connectivity index (χ2v) is 27.5. The molecule has 9 heteroatoms. The fourth-order valence-corrected chi connectivity index (χ4v) is 8.77. The van der Waals surface area contributed by atoms with Crippen molar-refractivity contribution < 1.29 is 23.2 Å². The minimum Gasteiger partial charge on any atom is -0.444 e. The molecule has 46 heavy (non-hydrogen) atoms. The highest BCUT2D eigenvalue weighted by Gasteiger charge is 2.68. The predicted molar refractivity (Wildman–Crippen MR) is 193 cm³/mol. The number of amides is 1. The van der Waals surface area contributed by atoms with Gasteiger partial charge in [0.1, 0.15) is 11.0 Å². The van der Waals surface area contributed by atoms with Gasteiger partial charge in [-0.3, -0.25) is 10.1 Å². The number of hydrogen-bond acceptors (Lipinski definition) is 6. The van der Waals surface area contributed by atoms with E-state index in [2.05, 4.69) is 92.3 Å². The zero-order valence-corrected chi connectivity index (χ0v) is 33.7. The second kappa shape index (κ2) is 12.6. The fraction of sp³-hybridized carbons (Fsp3) is 0.703. The third-order valence-electron chi connectivity index (χ3n) is 11.3. The van der Waals surface area contributed by atoms with Gasteiger partial charge >= 0.3 is 6.09 Å². The average molecular weight is 671 g/mol. The number of carbonyl (C=O) groups excluding carboxylic acids is 2. The van der Waals surface area contributed by atoms with Crippen molar-refractivity contribution >= 4 is 28.5 Å². The summed E-state index contributed by atoms with van der Waals surface area (Å²) in [4.78, 5) is 28.0. The zero-order valence-electron chi connectivity index (χ0n) is 31.7. The van der Waals surface area contributed by atoms with Crippen LogP contribution >= 0.6 is 0 Å². The van der Waals surface area contributed by atoms with Crippen molar-refractivity contribution in [2.45, 2.75) is 144 Å². The van der Waals surface area contributed by atoms with Crippen molar-refractivity contribution in [2.24, 2.45) is 22.2 Å². The number of nitriles is 1. The topological polar surface area (TPSA) is 97.7 Å². The maximum absolute atomic E-state index is 14.9. The molecular weight excluding hydrogens is 609 g/mol. The lowest BCUT2D eigenvalue weighted by atomic mass is 9.50. The first-order valence-electron chi connectivity index (χ1n) is 16.5. The van der Waals surface area contributed by atoms with Gasteiger partial charge in [-0.15, -0.1) is 6.58 Å². The molecule has 0 aromatic heterocycles. The summed E-state index contributed by atoms with van der Waals surface area (Å²) in [6, 6.07) is 2.72. The molecule has 0 aliphatic heterocycles. The molecule has 0 unspecified atom stereocenters. The Labute approximate surface area is 282 Å². The van der Waals surface area contributed by atoms with E-state index in [1.807, 2.05) is 26.8 Å². The number of fused-ring (bicyclic) bond motifs is 2. The molecule has 2 aliphatic rings. The lowest BCUT2D eigenvalue weighted by Crippen LogP contribution is -2.66. The molecule has 1 saturated carbocycles. The van der Waals surface area contributed by atoms with Gasteiger partial charge in [-0.25, -0.2) is 4.79 Å². The largest absolute Gasteiger partial charge is 0.444 e. The van der Waals surface area contributed by atoms with Gasteiger partial charge in [0.25, 0.3) is 0 Å². The number of Topliss-reactive ketones (excluding diaryl/α,β-unsaturated/α-hetero) is 1. The molecule has 2 bridgehead atoms. The van der Waals surface area contributed by atoms with E-state index in [1.165, 1.54) is 6.08 Å². The summed E-state index contributed by atoms with van der Waals surface area (Å²) in [5.74, 6) is -0.571. The molecule has 5 atom stereocenters. The first-order valence-corrected chi connectivity index (χ1v) is 22.3. The van der Waals surface area contributed by atoms with Crippen LogP contribution in [0.5, 0.6) is 0 Å². The van der Waals surface area contributed by atoms with Crippen LogP contribution in [0.25, 0.3) is 0 Å². The maximum Gasteiger partial charge on any atom is 0.412 e. The highest BCUT2D eigenvalue weighted by atomic mass is 28.4. The van der Waals surface area contributed by atoms with Gasteiger partial charge in [0, 0.05) is 22.3 Å². The predicted octanol–water partition coefficient (Wildman–Crippen LogP) is 9.62. The summed E-state index contributed by atoms with van der Waals surface area (Å²) < 4.78 is 20.1. The highest BCUT2D eigenvalue weighted by Crippen LogP contribution is 2.63. The zero-order chi connectivity index (χ0) is 36.1. The van der Waals surface area contributed by atoms with Gasteiger partial charge in [-0.2, -0.15) is 5.26 Å². The lowest BCUT2D eigenvalue weighted by molar-refractivity contribution is -0.148. The van der Waals surface area contributed by atoms with Crippen LogP contribution in [0.15, 0.2) is 48.7 Å². The van der Waals surface area contributed by atoms with E-state index in [1.54, 1.807) is 32.9 Å². The standard InChI is InChI=1S/C37H62N2O5Si2/c1-19-21-27(39-31(41)42-32(3,4)5)25-23-37(24-38)30(44-46(17,18)34(9,10)11)26(35(12,13)29(25)40)22-28(36(37,14)20-2)43-45(15,16)33(6,7)8/h19-21,23,26,28,30H,1-2,22H2,3-18H3,(H,39,41)/b27-21+/t26-,28+,30-,36-,37+/m1/s1. The molecule has 7 nitrogen and oxygen atoms in total. The number of hydrogen-bond donors (Lipinski definition) is 1. The second-order valence-electron chi connectivity index (χ2n) is 18.0. The van der Waals surface area contributed by atoms with Gasteiger partial charge in [0.15, 0.2) is 22.4 Å². The van der Waals surface area contributed by atoms with E-state index >= 15 is 0 Å². The number of alkyl carbamates (subject to hydrolysis) is 1. The fourth-order valence-electron chi connectivity index (χ4n) is 6.03. The van der Waals surface area contributed by atoms with E-state index in [4.69, 9.17) is 13.6 Å². The maximum atomic E-state index is 14.9. The summed E-state index contributed by atoms with van der Waals surface area (Å²) >= 11 is 0. The number of nitrogens with one attached hydrogen (secondary N) is 1. The quantitative estimate of drug-likeness (QED) is 0.157. The van der Waals surface area contributed by atoms with E-state index < -0.39 is 56.8 Å². The Morgan fingerprint density at radius 3 is 1.89 bits per heavy atom. The van der Waals surface area contributed by atoms with Crippen LogP contribution in [-0.4, -0.2) is 46.3 Å². The van der Waals surface area contributed by atoms with E-state index in [0.717, 1.165) is 0 Å². The molecule has 2 aliphatic carbocycles. The Kier molecular flexibility index (Phi) is 11.0. The number of nitrogens with zero attached hydrogens (tertiary/aromatic N) is 1. The van der Waals surface area contributed by atoms with Crippen molar-refractivity contribution in [3.8, 4) is 6.07 Å². The van der Waals surface area contributed by atoms with Gasteiger partial charge in [-0.1, -0.05) is 81.0 Å². The van der Waals surface area contributed by atoms with Crippen molar-refractivity contribution in [3.63, 3.8) is 0 Å². The monoisotopic (exact) mass is 670 g/mol. The Hall–Kier alpha value is -2.26. The first-order chi connectivity index (χ1) is 20.5. The molecule has 0 heterocycles. The van der Waals surface area contributed by atoms with Gasteiger partial charge in [0.2, 0.25) is 0 Å². The van der Waals surface area contributed by atoms with Crippen LogP contribution in [0.3, 0.4) is 0 Å². The molecule has 0 radical (unpaired) electrons.